The lowest BCUT2D eigenvalue weighted by Gasteiger charge is -2.26. The van der Waals surface area contributed by atoms with Crippen molar-refractivity contribution in [2.24, 2.45) is 11.5 Å². The van der Waals surface area contributed by atoms with Gasteiger partial charge in [0.15, 0.2) is 0 Å². The Labute approximate surface area is 268 Å². The van der Waals surface area contributed by atoms with Crippen LogP contribution in [0.1, 0.15) is 41.8 Å². The molecule has 0 aliphatic rings. The molecule has 0 aliphatic carbocycles. The van der Waals surface area contributed by atoms with Crippen LogP contribution in [-0.2, 0) is 43.2 Å². The molecule has 0 bridgehead atoms. The summed E-state index contributed by atoms with van der Waals surface area (Å²) in [6, 6.07) is 14.4. The van der Waals surface area contributed by atoms with E-state index in [9.17, 15) is 24.0 Å². The van der Waals surface area contributed by atoms with Crippen molar-refractivity contribution < 1.29 is 24.0 Å². The second-order valence-corrected chi connectivity index (χ2v) is 11.0. The van der Waals surface area contributed by atoms with Gasteiger partial charge in [0.1, 0.15) is 24.4 Å². The summed E-state index contributed by atoms with van der Waals surface area (Å²) < 4.78 is 0. The number of nitrogens with zero attached hydrogens (tertiary/aromatic N) is 1. The maximum absolute atomic E-state index is 13.8. The van der Waals surface area contributed by atoms with E-state index in [0.29, 0.717) is 31.4 Å². The highest BCUT2D eigenvalue weighted by Crippen LogP contribution is 2.10. The number of aromatic amines is 1. The number of carbonyl (C=O) groups is 5. The number of aromatic nitrogens is 2. The van der Waals surface area contributed by atoms with Gasteiger partial charge in [-0.15, -0.1) is 0 Å². The van der Waals surface area contributed by atoms with Crippen LogP contribution in [-0.4, -0.2) is 77.1 Å². The molecule has 4 amide bonds. The fourth-order valence-electron chi connectivity index (χ4n) is 4.90. The third kappa shape index (κ3) is 11.6. The van der Waals surface area contributed by atoms with Crippen LogP contribution in [0, 0.1) is 6.92 Å². The molecule has 46 heavy (non-hydrogen) atoms. The Balaban J connectivity index is 1.80. The van der Waals surface area contributed by atoms with Gasteiger partial charge < -0.3 is 42.5 Å². The van der Waals surface area contributed by atoms with Crippen LogP contribution >= 0.6 is 0 Å². The third-order valence-electron chi connectivity index (χ3n) is 7.45. The van der Waals surface area contributed by atoms with E-state index in [1.807, 2.05) is 60.7 Å². The lowest BCUT2D eigenvalue weighted by atomic mass is 10.0. The zero-order valence-electron chi connectivity index (χ0n) is 26.0. The van der Waals surface area contributed by atoms with Crippen LogP contribution in [0.15, 0.2) is 67.0 Å². The topological polar surface area (TPSA) is 214 Å². The van der Waals surface area contributed by atoms with Crippen LogP contribution in [0.2, 0.25) is 0 Å². The van der Waals surface area contributed by atoms with Gasteiger partial charge in [-0.1, -0.05) is 60.7 Å². The molecule has 13 heteroatoms. The molecule has 13 nitrogen and oxygen atoms in total. The van der Waals surface area contributed by atoms with Gasteiger partial charge in [0, 0.05) is 18.5 Å². The second-order valence-electron chi connectivity index (χ2n) is 11.0. The zero-order chi connectivity index (χ0) is 33.3. The molecule has 1 aromatic heterocycles. The molecule has 4 atom stereocenters. The Morgan fingerprint density at radius 3 is 1.89 bits per heavy atom. The second kappa shape index (κ2) is 18.8. The Morgan fingerprint density at radius 1 is 0.761 bits per heavy atom. The Bertz CT molecular complexity index is 1420. The summed E-state index contributed by atoms with van der Waals surface area (Å²) in [4.78, 5) is 72.1. The van der Waals surface area contributed by atoms with Gasteiger partial charge in [-0.05, 0) is 50.3 Å². The fraction of sp³-hybridized carbons (Fsp3) is 0.394. The number of amides is 4. The van der Waals surface area contributed by atoms with Gasteiger partial charge in [-0.25, -0.2) is 4.98 Å². The highest BCUT2D eigenvalue weighted by molar-refractivity contribution is 5.95. The number of imidazole rings is 1. The number of carbonyl (C=O) groups excluding carboxylic acids is 5. The van der Waals surface area contributed by atoms with E-state index in [-0.39, 0.29) is 32.2 Å². The molecule has 0 saturated carbocycles. The fourth-order valence-corrected chi connectivity index (χ4v) is 4.90. The molecule has 1 heterocycles. The molecule has 0 aliphatic heterocycles. The summed E-state index contributed by atoms with van der Waals surface area (Å²) in [6.07, 6.45) is 4.01. The van der Waals surface area contributed by atoms with Crippen molar-refractivity contribution in [3.63, 3.8) is 0 Å². The number of hydrogen-bond donors (Lipinski definition) is 7. The Morgan fingerprint density at radius 2 is 1.33 bits per heavy atom. The van der Waals surface area contributed by atoms with Crippen molar-refractivity contribution in [1.29, 1.82) is 0 Å². The Hall–Kier alpha value is -4.88. The third-order valence-corrected chi connectivity index (χ3v) is 7.45. The van der Waals surface area contributed by atoms with Crippen molar-refractivity contribution in [1.82, 2.24) is 31.2 Å². The molecule has 3 aromatic rings. The molecule has 3 rings (SSSR count). The molecule has 0 spiro atoms. The number of unbranched alkanes of at least 4 members (excludes halogenated alkanes) is 1. The Kier molecular flexibility index (Phi) is 14.6. The molecule has 9 N–H and O–H groups in total. The maximum Gasteiger partial charge on any atom is 0.243 e. The van der Waals surface area contributed by atoms with Crippen molar-refractivity contribution in [3.05, 3.63) is 89.5 Å². The normalized spacial score (nSPS) is 13.5. The predicted octanol–water partition coefficient (Wildman–Crippen LogP) is -0.0282. The average Bonchev–Trinajstić information content (AvgIpc) is 3.47. The number of rotatable bonds is 19. The number of benzene rings is 2. The molecule has 0 saturated heterocycles. The lowest BCUT2D eigenvalue weighted by molar-refractivity contribution is -0.134. The van der Waals surface area contributed by atoms with Crippen molar-refractivity contribution in [2.75, 3.05) is 13.1 Å². The SMILES string of the molecule is Cc1[nH]cnc1C[C@H](NC(=O)CN)C(=O)N[C@@H](CCCCN)C(=O)N[C@@H](Cc1ccccc1)C(=O)N[C@H](C=O)Cc1ccccc1. The van der Waals surface area contributed by atoms with E-state index < -0.39 is 47.8 Å². The van der Waals surface area contributed by atoms with Crippen LogP contribution in [0.5, 0.6) is 0 Å². The minimum Gasteiger partial charge on any atom is -0.348 e. The quantitative estimate of drug-likeness (QED) is 0.0702. The predicted molar refractivity (Wildman–Crippen MR) is 173 cm³/mol. The number of nitrogens with two attached hydrogens (primary N) is 2. The summed E-state index contributed by atoms with van der Waals surface area (Å²) in [6.45, 7) is 1.85. The van der Waals surface area contributed by atoms with Crippen LogP contribution in [0.25, 0.3) is 0 Å². The van der Waals surface area contributed by atoms with Crippen molar-refractivity contribution in [2.45, 2.75) is 69.6 Å². The molecule has 0 unspecified atom stereocenters. The molecule has 2 aromatic carbocycles. The number of aldehydes is 1. The minimum atomic E-state index is -1.06. The molecule has 246 valence electrons. The van der Waals surface area contributed by atoms with Crippen LogP contribution in [0.3, 0.4) is 0 Å². The van der Waals surface area contributed by atoms with Gasteiger partial charge in [0.2, 0.25) is 23.6 Å². The van der Waals surface area contributed by atoms with E-state index in [2.05, 4.69) is 31.2 Å². The smallest absolute Gasteiger partial charge is 0.243 e. The average molecular weight is 633 g/mol. The number of nitrogens with one attached hydrogen (secondary N) is 5. The molecular weight excluding hydrogens is 588 g/mol. The van der Waals surface area contributed by atoms with Gasteiger partial charge in [-0.3, -0.25) is 19.2 Å². The minimum absolute atomic E-state index is 0.0670. The van der Waals surface area contributed by atoms with E-state index in [0.717, 1.165) is 16.8 Å². The lowest BCUT2D eigenvalue weighted by Crippen LogP contribution is -2.58. The number of aryl methyl sites for hydroxylation is 1. The maximum atomic E-state index is 13.8. The van der Waals surface area contributed by atoms with Crippen LogP contribution in [0.4, 0.5) is 0 Å². The molecular formula is C33H44N8O5. The summed E-state index contributed by atoms with van der Waals surface area (Å²) in [5.41, 5.74) is 14.1. The highest BCUT2D eigenvalue weighted by atomic mass is 16.2. The van der Waals surface area contributed by atoms with E-state index in [4.69, 9.17) is 11.5 Å². The van der Waals surface area contributed by atoms with Crippen molar-refractivity contribution >= 4 is 29.9 Å². The van der Waals surface area contributed by atoms with E-state index >= 15 is 0 Å². The van der Waals surface area contributed by atoms with Gasteiger partial charge in [-0.2, -0.15) is 0 Å². The molecule has 0 fully saturated rings. The monoisotopic (exact) mass is 632 g/mol. The number of hydrogen-bond acceptors (Lipinski definition) is 8. The largest absolute Gasteiger partial charge is 0.348 e. The van der Waals surface area contributed by atoms with Crippen LogP contribution < -0.4 is 32.7 Å². The standard InChI is InChI=1S/C33H44N8O5/c1-22-27(37-21-36-22)18-29(39-30(43)19-35)33(46)40-26(14-8-9-15-34)31(44)41-28(17-24-12-6-3-7-13-24)32(45)38-25(20-42)16-23-10-4-2-5-11-23/h2-7,10-13,20-21,25-26,28-29H,8-9,14-19,34-35H2,1H3,(H,36,37)(H,38,45)(H,39,43)(H,40,46)(H,41,44)/t25-,26-,28-,29-/m0/s1. The first-order chi connectivity index (χ1) is 22.2. The summed E-state index contributed by atoms with van der Waals surface area (Å²) in [5.74, 6) is -2.28. The summed E-state index contributed by atoms with van der Waals surface area (Å²) in [5, 5.41) is 10.9. The first-order valence-electron chi connectivity index (χ1n) is 15.4. The van der Waals surface area contributed by atoms with Gasteiger partial charge in [0.25, 0.3) is 0 Å². The summed E-state index contributed by atoms with van der Waals surface area (Å²) >= 11 is 0. The first kappa shape index (κ1) is 35.6. The highest BCUT2D eigenvalue weighted by Gasteiger charge is 2.31. The first-order valence-corrected chi connectivity index (χ1v) is 15.4. The van der Waals surface area contributed by atoms with E-state index in [1.165, 1.54) is 6.33 Å². The van der Waals surface area contributed by atoms with Gasteiger partial charge in [0.05, 0.1) is 24.6 Å². The molecule has 0 radical (unpaired) electrons. The van der Waals surface area contributed by atoms with E-state index in [1.54, 1.807) is 6.92 Å². The van der Waals surface area contributed by atoms with Gasteiger partial charge >= 0.3 is 0 Å². The zero-order valence-corrected chi connectivity index (χ0v) is 26.0. The summed E-state index contributed by atoms with van der Waals surface area (Å²) in [7, 11) is 0. The number of H-pyrrole nitrogens is 1. The van der Waals surface area contributed by atoms with Crippen molar-refractivity contribution in [3.8, 4) is 0 Å².